The number of fused-ring (bicyclic) bond motifs is 4. The molecule has 1 amide bonds. The number of carbonyl (C=O) groups is 1. The summed E-state index contributed by atoms with van der Waals surface area (Å²) >= 11 is 0. The van der Waals surface area contributed by atoms with Crippen molar-refractivity contribution in [3.63, 3.8) is 0 Å². The quantitative estimate of drug-likeness (QED) is 0.301. The maximum Gasteiger partial charge on any atom is 0.246 e. The Balaban J connectivity index is 1.24. The number of piperazine rings is 1. The van der Waals surface area contributed by atoms with Crippen molar-refractivity contribution in [2.45, 2.75) is 31.5 Å². The van der Waals surface area contributed by atoms with E-state index in [1.165, 1.54) is 11.6 Å². The summed E-state index contributed by atoms with van der Waals surface area (Å²) in [6, 6.07) is 27.2. The molecule has 0 saturated carbocycles. The van der Waals surface area contributed by atoms with Gasteiger partial charge in [0.1, 0.15) is 11.3 Å². The van der Waals surface area contributed by atoms with Crippen molar-refractivity contribution in [3.05, 3.63) is 103 Å². The number of carbonyl (C=O) groups excluding carboxylic acids is 1. The van der Waals surface area contributed by atoms with E-state index < -0.39 is 0 Å². The monoisotopic (exact) mass is 541 g/mol. The summed E-state index contributed by atoms with van der Waals surface area (Å²) in [7, 11) is 0. The number of pyridine rings is 2. The molecule has 41 heavy (non-hydrogen) atoms. The van der Waals surface area contributed by atoms with Gasteiger partial charge in [-0.1, -0.05) is 49.0 Å². The first kappa shape index (κ1) is 25.2. The third-order valence-electron chi connectivity index (χ3n) is 8.33. The van der Waals surface area contributed by atoms with E-state index in [1.54, 1.807) is 6.20 Å². The number of aromatic nitrogens is 4. The van der Waals surface area contributed by atoms with Crippen LogP contribution >= 0.6 is 0 Å². The van der Waals surface area contributed by atoms with E-state index in [2.05, 4.69) is 57.4 Å². The van der Waals surface area contributed by atoms with E-state index >= 15 is 0 Å². The Hall–Kier alpha value is -4.82. The standard InChI is InChI=1S/C33H31N7O/c1-2-30(41)39-21-25-14-15-26(39)20-38(25)19-22-10-12-24(13-11-22)40-32(27-9-6-18-35-31(27)34)37-29-17-16-28(36-33(29)40)23-7-4-3-5-8-23/h2-13,16-18,25-26H,1,14-15,19-21H2,(H2,34,35). The van der Waals surface area contributed by atoms with Crippen LogP contribution < -0.4 is 5.73 Å². The molecule has 8 heteroatoms. The van der Waals surface area contributed by atoms with Gasteiger partial charge in [-0.2, -0.15) is 0 Å². The number of hydrogen-bond acceptors (Lipinski definition) is 6. The second-order valence-electron chi connectivity index (χ2n) is 10.8. The Labute approximate surface area is 238 Å². The molecule has 3 aliphatic heterocycles. The maximum atomic E-state index is 12.3. The predicted molar refractivity (Wildman–Crippen MR) is 161 cm³/mol. The normalized spacial score (nSPS) is 18.6. The Morgan fingerprint density at radius 3 is 2.46 bits per heavy atom. The molecule has 6 heterocycles. The number of rotatable bonds is 6. The lowest BCUT2D eigenvalue weighted by Gasteiger charge is -2.51. The van der Waals surface area contributed by atoms with Crippen molar-refractivity contribution in [2.75, 3.05) is 18.8 Å². The topological polar surface area (TPSA) is 93.2 Å². The zero-order valence-electron chi connectivity index (χ0n) is 22.7. The molecule has 8 nitrogen and oxygen atoms in total. The van der Waals surface area contributed by atoms with Crippen LogP contribution in [0, 0.1) is 0 Å². The average Bonchev–Trinajstić information content (AvgIpc) is 3.40. The van der Waals surface area contributed by atoms with Crippen LogP contribution in [-0.4, -0.2) is 60.4 Å². The van der Waals surface area contributed by atoms with Crippen LogP contribution in [0.4, 0.5) is 5.82 Å². The zero-order valence-corrected chi connectivity index (χ0v) is 22.7. The number of benzene rings is 2. The smallest absolute Gasteiger partial charge is 0.246 e. The molecule has 2 atom stereocenters. The summed E-state index contributed by atoms with van der Waals surface area (Å²) in [6.07, 6.45) is 5.31. The third kappa shape index (κ3) is 4.56. The van der Waals surface area contributed by atoms with Crippen LogP contribution in [0.3, 0.4) is 0 Å². The van der Waals surface area contributed by atoms with Crippen LogP contribution in [0.5, 0.6) is 0 Å². The fourth-order valence-corrected chi connectivity index (χ4v) is 6.24. The number of nitrogen functional groups attached to an aromatic ring is 1. The predicted octanol–water partition coefficient (Wildman–Crippen LogP) is 5.09. The van der Waals surface area contributed by atoms with E-state index in [0.29, 0.717) is 17.7 Å². The molecule has 0 radical (unpaired) electrons. The Bertz CT molecular complexity index is 1750. The Kier molecular flexibility index (Phi) is 6.32. The van der Waals surface area contributed by atoms with Gasteiger partial charge in [0.2, 0.25) is 5.91 Å². The van der Waals surface area contributed by atoms with Crippen molar-refractivity contribution >= 4 is 22.9 Å². The highest BCUT2D eigenvalue weighted by Crippen LogP contribution is 2.33. The van der Waals surface area contributed by atoms with Crippen LogP contribution in [0.15, 0.2) is 97.7 Å². The van der Waals surface area contributed by atoms with Crippen molar-refractivity contribution in [3.8, 4) is 28.3 Å². The summed E-state index contributed by atoms with van der Waals surface area (Å²) in [5, 5.41) is 0. The van der Waals surface area contributed by atoms with Gasteiger partial charge in [0.15, 0.2) is 11.5 Å². The molecule has 3 aliphatic rings. The van der Waals surface area contributed by atoms with E-state index in [4.69, 9.17) is 15.7 Å². The molecule has 3 saturated heterocycles. The van der Waals surface area contributed by atoms with Crippen LogP contribution in [0.1, 0.15) is 18.4 Å². The maximum absolute atomic E-state index is 12.3. The lowest BCUT2D eigenvalue weighted by molar-refractivity contribution is -0.136. The molecule has 3 fully saturated rings. The second-order valence-corrected chi connectivity index (χ2v) is 10.8. The summed E-state index contributed by atoms with van der Waals surface area (Å²) < 4.78 is 2.07. The molecule has 0 spiro atoms. The van der Waals surface area contributed by atoms with Crippen molar-refractivity contribution < 1.29 is 4.79 Å². The van der Waals surface area contributed by atoms with Gasteiger partial charge in [-0.15, -0.1) is 0 Å². The van der Waals surface area contributed by atoms with Crippen LogP contribution in [0.2, 0.25) is 0 Å². The summed E-state index contributed by atoms with van der Waals surface area (Å²) in [5.74, 6) is 1.18. The Morgan fingerprint density at radius 2 is 1.73 bits per heavy atom. The zero-order chi connectivity index (χ0) is 27.9. The second kappa shape index (κ2) is 10.3. The molecule has 8 rings (SSSR count). The van der Waals surface area contributed by atoms with Gasteiger partial charge >= 0.3 is 0 Å². The van der Waals surface area contributed by atoms with Gasteiger partial charge < -0.3 is 10.6 Å². The van der Waals surface area contributed by atoms with Gasteiger partial charge in [-0.25, -0.2) is 15.0 Å². The van der Waals surface area contributed by atoms with E-state index in [9.17, 15) is 4.79 Å². The van der Waals surface area contributed by atoms with Crippen molar-refractivity contribution in [1.29, 1.82) is 0 Å². The minimum Gasteiger partial charge on any atom is -0.383 e. The lowest BCUT2D eigenvalue weighted by atomic mass is 9.90. The molecule has 204 valence electrons. The average molecular weight is 542 g/mol. The first-order valence-corrected chi connectivity index (χ1v) is 14.0. The molecular formula is C33H31N7O. The number of anilines is 1. The fraction of sp³-hybridized carbons (Fsp3) is 0.212. The first-order valence-electron chi connectivity index (χ1n) is 14.0. The van der Waals surface area contributed by atoms with Gasteiger partial charge in [-0.05, 0) is 60.9 Å². The van der Waals surface area contributed by atoms with Crippen LogP contribution in [-0.2, 0) is 11.3 Å². The highest BCUT2D eigenvalue weighted by Gasteiger charge is 2.40. The van der Waals surface area contributed by atoms with Crippen molar-refractivity contribution in [1.82, 2.24) is 29.3 Å². The van der Waals surface area contributed by atoms with Crippen LogP contribution in [0.25, 0.3) is 39.5 Å². The van der Waals surface area contributed by atoms with Gasteiger partial charge in [0.05, 0.1) is 11.3 Å². The van der Waals surface area contributed by atoms with E-state index in [1.807, 2.05) is 47.4 Å². The number of piperidine rings is 2. The molecule has 3 aromatic heterocycles. The number of amides is 1. The SMILES string of the molecule is C=CC(=O)N1CC2CCC1CN2Cc1ccc(-n2c(-c3cccnc3N)nc3ccc(-c4ccccc4)nc32)cc1. The van der Waals surface area contributed by atoms with Gasteiger partial charge in [0, 0.05) is 49.2 Å². The molecule has 2 unspecified atom stereocenters. The molecule has 5 aromatic rings. The highest BCUT2D eigenvalue weighted by molar-refractivity contribution is 5.87. The third-order valence-corrected chi connectivity index (χ3v) is 8.33. The minimum absolute atomic E-state index is 0.0466. The van der Waals surface area contributed by atoms with Crippen molar-refractivity contribution in [2.24, 2.45) is 0 Å². The van der Waals surface area contributed by atoms with Gasteiger partial charge in [-0.3, -0.25) is 14.3 Å². The molecule has 2 bridgehead atoms. The molecule has 2 N–H and O–H groups in total. The summed E-state index contributed by atoms with van der Waals surface area (Å²) in [4.78, 5) is 31.1. The fourth-order valence-electron chi connectivity index (χ4n) is 6.24. The number of nitrogens with two attached hydrogens (primary N) is 1. The minimum atomic E-state index is 0.0466. The summed E-state index contributed by atoms with van der Waals surface area (Å²) in [6.45, 7) is 6.20. The first-order chi connectivity index (χ1) is 20.1. The number of nitrogens with zero attached hydrogens (tertiary/aromatic N) is 6. The van der Waals surface area contributed by atoms with E-state index in [0.717, 1.165) is 66.1 Å². The number of hydrogen-bond donors (Lipinski definition) is 1. The number of imidazole rings is 1. The molecule has 0 aliphatic carbocycles. The molecular weight excluding hydrogens is 510 g/mol. The van der Waals surface area contributed by atoms with E-state index in [-0.39, 0.29) is 11.9 Å². The largest absolute Gasteiger partial charge is 0.383 e. The summed E-state index contributed by atoms with van der Waals surface area (Å²) in [5.41, 5.74) is 12.7. The Morgan fingerprint density at radius 1 is 0.927 bits per heavy atom. The highest BCUT2D eigenvalue weighted by atomic mass is 16.2. The molecule has 2 aromatic carbocycles. The lowest BCUT2D eigenvalue weighted by Crippen LogP contribution is -2.63. The van der Waals surface area contributed by atoms with Gasteiger partial charge in [0.25, 0.3) is 0 Å².